The number of halogens is 3. The van der Waals surface area contributed by atoms with Crippen LogP contribution in [0.3, 0.4) is 0 Å². The number of nitrogens with one attached hydrogen (secondary N) is 1. The Hall–Kier alpha value is -2.46. The maximum absolute atomic E-state index is 12.5. The molecule has 0 aliphatic rings. The topological polar surface area (TPSA) is 46.2 Å². The molecule has 0 amide bonds. The Morgan fingerprint density at radius 1 is 1.05 bits per heavy atom. The van der Waals surface area contributed by atoms with Crippen molar-refractivity contribution in [3.8, 4) is 12.3 Å². The van der Waals surface area contributed by atoms with Gasteiger partial charge in [-0.15, -0.1) is 6.42 Å². The minimum absolute atomic E-state index is 0.232. The number of rotatable bonds is 3. The molecular weight excluding hydrogens is 315 g/mol. The highest BCUT2D eigenvalue weighted by Gasteiger charge is 2.30. The van der Waals surface area contributed by atoms with Crippen LogP contribution in [0.1, 0.15) is 11.1 Å². The molecule has 0 aromatic heterocycles. The lowest BCUT2D eigenvalue weighted by Crippen LogP contribution is -2.13. The van der Waals surface area contributed by atoms with Crippen LogP contribution in [0, 0.1) is 12.3 Å². The maximum atomic E-state index is 12.5. The molecule has 0 saturated carbocycles. The molecular formula is C15H10F3NO2S. The van der Waals surface area contributed by atoms with E-state index in [0.717, 1.165) is 12.1 Å². The van der Waals surface area contributed by atoms with Gasteiger partial charge in [0.05, 0.1) is 16.1 Å². The van der Waals surface area contributed by atoms with Crippen LogP contribution in [0.5, 0.6) is 0 Å². The number of sulfonamides is 1. The fraction of sp³-hybridized carbons (Fsp3) is 0.0667. The Morgan fingerprint density at radius 3 is 2.23 bits per heavy atom. The van der Waals surface area contributed by atoms with E-state index in [2.05, 4.69) is 10.6 Å². The van der Waals surface area contributed by atoms with Crippen molar-refractivity contribution in [1.29, 1.82) is 0 Å². The third kappa shape index (κ3) is 3.59. The van der Waals surface area contributed by atoms with Crippen LogP contribution in [0.4, 0.5) is 18.9 Å². The number of benzene rings is 2. The molecule has 114 valence electrons. The van der Waals surface area contributed by atoms with Gasteiger partial charge in [0, 0.05) is 5.56 Å². The van der Waals surface area contributed by atoms with Crippen molar-refractivity contribution in [1.82, 2.24) is 0 Å². The summed E-state index contributed by atoms with van der Waals surface area (Å²) in [6.07, 6.45) is 0.700. The summed E-state index contributed by atoms with van der Waals surface area (Å²) in [4.78, 5) is -0.272. The predicted molar refractivity (Wildman–Crippen MR) is 76.6 cm³/mol. The summed E-state index contributed by atoms with van der Waals surface area (Å²) in [5, 5.41) is 0. The van der Waals surface area contributed by atoms with Crippen molar-refractivity contribution in [3.63, 3.8) is 0 Å². The van der Waals surface area contributed by atoms with Crippen LogP contribution >= 0.6 is 0 Å². The average molecular weight is 325 g/mol. The fourth-order valence-electron chi connectivity index (χ4n) is 1.71. The third-order valence-electron chi connectivity index (χ3n) is 2.77. The molecule has 2 aromatic rings. The lowest BCUT2D eigenvalue weighted by molar-refractivity contribution is -0.137. The number of hydrogen-bond acceptors (Lipinski definition) is 2. The van der Waals surface area contributed by atoms with Gasteiger partial charge in [0.2, 0.25) is 0 Å². The van der Waals surface area contributed by atoms with Crippen LogP contribution in [0.25, 0.3) is 0 Å². The van der Waals surface area contributed by atoms with Crippen molar-refractivity contribution in [2.45, 2.75) is 11.1 Å². The molecule has 0 saturated heterocycles. The van der Waals surface area contributed by atoms with Crippen molar-refractivity contribution in [2.24, 2.45) is 0 Å². The quantitative estimate of drug-likeness (QED) is 0.878. The van der Waals surface area contributed by atoms with Gasteiger partial charge in [-0.1, -0.05) is 12.0 Å². The summed E-state index contributed by atoms with van der Waals surface area (Å²) in [6, 6.07) is 9.35. The van der Waals surface area contributed by atoms with E-state index in [1.165, 1.54) is 12.1 Å². The van der Waals surface area contributed by atoms with Crippen LogP contribution in [-0.4, -0.2) is 8.42 Å². The number of hydrogen-bond donors (Lipinski definition) is 1. The third-order valence-corrected chi connectivity index (χ3v) is 4.17. The Bertz CT molecular complexity index is 819. The van der Waals surface area contributed by atoms with E-state index in [0.29, 0.717) is 17.7 Å². The molecule has 0 fully saturated rings. The first-order valence-corrected chi connectivity index (χ1v) is 7.47. The minimum Gasteiger partial charge on any atom is -0.280 e. The molecule has 0 unspecified atom stereocenters. The van der Waals surface area contributed by atoms with Crippen LogP contribution in [0.15, 0.2) is 53.4 Å². The fourth-order valence-corrected chi connectivity index (χ4v) is 2.76. The van der Waals surface area contributed by atoms with Gasteiger partial charge in [-0.25, -0.2) is 8.42 Å². The predicted octanol–water partition coefficient (Wildman–Crippen LogP) is 3.49. The van der Waals surface area contributed by atoms with Crippen molar-refractivity contribution in [3.05, 3.63) is 59.7 Å². The van der Waals surface area contributed by atoms with E-state index in [-0.39, 0.29) is 10.6 Å². The first-order valence-electron chi connectivity index (χ1n) is 5.99. The summed E-state index contributed by atoms with van der Waals surface area (Å²) >= 11 is 0. The van der Waals surface area contributed by atoms with Crippen LogP contribution < -0.4 is 4.72 Å². The highest BCUT2D eigenvalue weighted by Crippen LogP contribution is 2.30. The smallest absolute Gasteiger partial charge is 0.280 e. The van der Waals surface area contributed by atoms with E-state index in [1.54, 1.807) is 12.1 Å². The van der Waals surface area contributed by atoms with Crippen molar-refractivity contribution >= 4 is 15.7 Å². The molecule has 0 aliphatic carbocycles. The molecule has 0 atom stereocenters. The normalized spacial score (nSPS) is 11.7. The second-order valence-corrected chi connectivity index (χ2v) is 6.04. The summed E-state index contributed by atoms with van der Waals surface area (Å²) in [6.45, 7) is 0. The number of alkyl halides is 3. The van der Waals surface area contributed by atoms with E-state index < -0.39 is 21.8 Å². The summed E-state index contributed by atoms with van der Waals surface area (Å²) in [7, 11) is -3.99. The summed E-state index contributed by atoms with van der Waals surface area (Å²) in [5.74, 6) is 2.36. The summed E-state index contributed by atoms with van der Waals surface area (Å²) < 4.78 is 63.9. The average Bonchev–Trinajstić information content (AvgIpc) is 2.46. The van der Waals surface area contributed by atoms with Gasteiger partial charge in [-0.3, -0.25) is 4.72 Å². The Balaban J connectivity index is 2.29. The number of anilines is 1. The van der Waals surface area contributed by atoms with Gasteiger partial charge in [0.15, 0.2) is 0 Å². The molecule has 0 radical (unpaired) electrons. The molecule has 7 heteroatoms. The first-order chi connectivity index (χ1) is 10.2. The zero-order chi connectivity index (χ0) is 16.4. The molecule has 1 N–H and O–H groups in total. The van der Waals surface area contributed by atoms with Crippen LogP contribution in [0.2, 0.25) is 0 Å². The molecule has 0 bridgehead atoms. The SMILES string of the molecule is C#Cc1cccc(NS(=O)(=O)c2ccc(C(F)(F)F)cc2)c1. The van der Waals surface area contributed by atoms with Gasteiger partial charge in [-0.2, -0.15) is 13.2 Å². The van der Waals surface area contributed by atoms with Gasteiger partial charge in [-0.05, 0) is 42.5 Å². The first kappa shape index (κ1) is 15.9. The Kier molecular flexibility index (Phi) is 4.15. The second kappa shape index (κ2) is 5.73. The number of terminal acetylenes is 1. The molecule has 22 heavy (non-hydrogen) atoms. The monoisotopic (exact) mass is 325 g/mol. The van der Waals surface area contributed by atoms with Crippen molar-refractivity contribution < 1.29 is 21.6 Å². The Morgan fingerprint density at radius 2 is 1.68 bits per heavy atom. The van der Waals surface area contributed by atoms with Gasteiger partial charge >= 0.3 is 6.18 Å². The van der Waals surface area contributed by atoms with Gasteiger partial charge in [0.1, 0.15) is 0 Å². The maximum Gasteiger partial charge on any atom is 0.416 e. The molecule has 0 aliphatic heterocycles. The standard InChI is InChI=1S/C15H10F3NO2S/c1-2-11-4-3-5-13(10-11)19-22(20,21)14-8-6-12(7-9-14)15(16,17)18/h1,3-10,19H. The van der Waals surface area contributed by atoms with Gasteiger partial charge in [0.25, 0.3) is 10.0 Å². The Labute approximate surface area is 125 Å². The highest BCUT2D eigenvalue weighted by molar-refractivity contribution is 7.92. The summed E-state index contributed by atoms with van der Waals surface area (Å²) in [5.41, 5.74) is -0.205. The molecule has 2 rings (SSSR count). The van der Waals surface area contributed by atoms with E-state index in [1.807, 2.05) is 0 Å². The van der Waals surface area contributed by atoms with E-state index in [4.69, 9.17) is 6.42 Å². The van der Waals surface area contributed by atoms with E-state index >= 15 is 0 Å². The molecule has 2 aromatic carbocycles. The molecule has 0 heterocycles. The lowest BCUT2D eigenvalue weighted by atomic mass is 10.2. The zero-order valence-corrected chi connectivity index (χ0v) is 11.9. The minimum atomic E-state index is -4.52. The van der Waals surface area contributed by atoms with E-state index in [9.17, 15) is 21.6 Å². The highest BCUT2D eigenvalue weighted by atomic mass is 32.2. The second-order valence-electron chi connectivity index (χ2n) is 4.35. The molecule has 3 nitrogen and oxygen atoms in total. The van der Waals surface area contributed by atoms with Gasteiger partial charge < -0.3 is 0 Å². The van der Waals surface area contributed by atoms with Crippen molar-refractivity contribution in [2.75, 3.05) is 4.72 Å². The largest absolute Gasteiger partial charge is 0.416 e. The lowest BCUT2D eigenvalue weighted by Gasteiger charge is -2.10. The molecule has 0 spiro atoms. The van der Waals surface area contributed by atoms with Crippen LogP contribution in [-0.2, 0) is 16.2 Å². The zero-order valence-electron chi connectivity index (χ0n) is 11.1.